The van der Waals surface area contributed by atoms with Crippen LogP contribution in [-0.4, -0.2) is 70.6 Å². The summed E-state index contributed by atoms with van der Waals surface area (Å²) in [6, 6.07) is 2.92. The van der Waals surface area contributed by atoms with Crippen molar-refractivity contribution in [3.05, 3.63) is 23.5 Å². The number of hydrogen-bond acceptors (Lipinski definition) is 9. The molecule has 0 radical (unpaired) electrons. The van der Waals surface area contributed by atoms with Crippen molar-refractivity contribution < 1.29 is 22.3 Å². The number of anilines is 1. The molecule has 2 fully saturated rings. The number of aliphatic hydroxyl groups is 1. The predicted octanol–water partition coefficient (Wildman–Crippen LogP) is 1.80. The van der Waals surface area contributed by atoms with Gasteiger partial charge in [-0.2, -0.15) is 0 Å². The van der Waals surface area contributed by atoms with E-state index >= 15 is 0 Å². The Bertz CT molecular complexity index is 1320. The summed E-state index contributed by atoms with van der Waals surface area (Å²) in [4.78, 5) is 6.53. The van der Waals surface area contributed by atoms with Crippen LogP contribution in [0.5, 0.6) is 0 Å². The molecule has 2 aliphatic rings. The summed E-state index contributed by atoms with van der Waals surface area (Å²) in [6.45, 7) is 4.78. The van der Waals surface area contributed by atoms with Crippen molar-refractivity contribution in [2.24, 2.45) is 0 Å². The minimum absolute atomic E-state index is 0.0450. The van der Waals surface area contributed by atoms with Crippen LogP contribution in [0.3, 0.4) is 0 Å². The normalized spacial score (nSPS) is 22.6. The van der Waals surface area contributed by atoms with Gasteiger partial charge in [0.2, 0.25) is 15.2 Å². The number of alkyl halides is 2. The fourth-order valence-corrected chi connectivity index (χ4v) is 6.38. The number of benzene rings is 1. The molecule has 34 heavy (non-hydrogen) atoms. The summed E-state index contributed by atoms with van der Waals surface area (Å²) < 4.78 is 57.0. The van der Waals surface area contributed by atoms with Crippen molar-refractivity contribution in [2.75, 3.05) is 24.6 Å². The van der Waals surface area contributed by atoms with E-state index in [9.17, 15) is 22.3 Å². The van der Waals surface area contributed by atoms with Gasteiger partial charge in [0.05, 0.1) is 22.7 Å². The Morgan fingerprint density at radius 3 is 2.74 bits per heavy atom. The van der Waals surface area contributed by atoms with E-state index in [2.05, 4.69) is 25.2 Å². The quantitative estimate of drug-likeness (QED) is 0.437. The lowest BCUT2D eigenvalue weighted by molar-refractivity contribution is 0.150. The molecule has 0 spiro atoms. The van der Waals surface area contributed by atoms with Gasteiger partial charge in [0.1, 0.15) is 11.8 Å². The number of aliphatic hydroxyl groups excluding tert-OH is 1. The van der Waals surface area contributed by atoms with Gasteiger partial charge in [-0.15, -0.1) is 10.2 Å². The van der Waals surface area contributed by atoms with Gasteiger partial charge in [-0.1, -0.05) is 11.3 Å². The Labute approximate surface area is 199 Å². The van der Waals surface area contributed by atoms with Crippen molar-refractivity contribution in [1.82, 2.24) is 29.8 Å². The second-order valence-electron chi connectivity index (χ2n) is 9.17. The first-order valence-electron chi connectivity index (χ1n) is 10.9. The van der Waals surface area contributed by atoms with Crippen molar-refractivity contribution >= 4 is 38.1 Å². The Morgan fingerprint density at radius 2 is 2.09 bits per heavy atom. The third kappa shape index (κ3) is 4.40. The molecule has 3 N–H and O–H groups in total. The molecule has 1 saturated carbocycles. The summed E-state index contributed by atoms with van der Waals surface area (Å²) in [5.41, 5.74) is 1.05. The molecule has 14 heteroatoms. The van der Waals surface area contributed by atoms with E-state index in [1.165, 1.54) is 17.0 Å². The lowest BCUT2D eigenvalue weighted by Gasteiger charge is -2.38. The van der Waals surface area contributed by atoms with E-state index < -0.39 is 27.0 Å². The zero-order chi connectivity index (χ0) is 24.3. The smallest absolute Gasteiger partial charge is 0.291 e. The Kier molecular flexibility index (Phi) is 5.83. The summed E-state index contributed by atoms with van der Waals surface area (Å²) in [5.74, 6) is 0. The topological polar surface area (TPSA) is 125 Å². The van der Waals surface area contributed by atoms with E-state index in [0.717, 1.165) is 24.2 Å². The highest BCUT2D eigenvalue weighted by Gasteiger charge is 2.41. The van der Waals surface area contributed by atoms with E-state index in [-0.39, 0.29) is 28.7 Å². The number of piperazine rings is 1. The number of fused-ring (bicyclic) bond motifs is 1. The van der Waals surface area contributed by atoms with Crippen molar-refractivity contribution in [1.29, 1.82) is 0 Å². The standard InChI is InChI=1S/C20H25F2N7O3S2/c1-11-7-28(8-12(9-30)24-11)14-5-13(34(31,32)27-20(2)3-4-20)6-15-16(14)23-10-29(15)19-26-25-18(33-19)17(21)22/h5-6,10-12,17,24,27,30H,3-4,7-9H2,1-2H3/t11-,12+/m0/s1. The molecule has 1 aromatic carbocycles. The third-order valence-electron chi connectivity index (χ3n) is 6.14. The molecule has 1 aliphatic heterocycles. The summed E-state index contributed by atoms with van der Waals surface area (Å²) in [6.07, 6.45) is 0.196. The Hall–Kier alpha value is -2.26. The Balaban J connectivity index is 1.66. The van der Waals surface area contributed by atoms with Crippen LogP contribution in [0.4, 0.5) is 14.5 Å². The van der Waals surface area contributed by atoms with Crippen molar-refractivity contribution in [3.63, 3.8) is 0 Å². The number of aromatic nitrogens is 4. The van der Waals surface area contributed by atoms with E-state index in [1.54, 1.807) is 6.07 Å². The lowest BCUT2D eigenvalue weighted by atomic mass is 10.1. The first-order chi connectivity index (χ1) is 16.1. The maximum absolute atomic E-state index is 13.3. The van der Waals surface area contributed by atoms with Gasteiger partial charge in [-0.3, -0.25) is 4.57 Å². The van der Waals surface area contributed by atoms with E-state index in [0.29, 0.717) is 29.8 Å². The second kappa shape index (κ2) is 8.45. The average molecular weight is 514 g/mol. The summed E-state index contributed by atoms with van der Waals surface area (Å²) in [7, 11) is -3.86. The van der Waals surface area contributed by atoms with Crippen molar-refractivity contribution in [2.45, 2.75) is 55.6 Å². The SMILES string of the molecule is C[C@H]1CN(c2cc(S(=O)(=O)NC3(C)CC3)cc3c2ncn3-c2nnc(C(F)F)s2)C[C@H](CO)N1. The first kappa shape index (κ1) is 23.5. The van der Waals surface area contributed by atoms with Crippen LogP contribution in [-0.2, 0) is 10.0 Å². The van der Waals surface area contributed by atoms with Crippen molar-refractivity contribution in [3.8, 4) is 5.13 Å². The number of sulfonamides is 1. The van der Waals surface area contributed by atoms with Crippen LogP contribution >= 0.6 is 11.3 Å². The molecule has 1 saturated heterocycles. The largest absolute Gasteiger partial charge is 0.395 e. The first-order valence-corrected chi connectivity index (χ1v) is 13.2. The van der Waals surface area contributed by atoms with Crippen LogP contribution in [0, 0.1) is 0 Å². The zero-order valence-corrected chi connectivity index (χ0v) is 20.2. The molecule has 3 aromatic rings. The fraction of sp³-hybridized carbons (Fsp3) is 0.550. The number of nitrogens with zero attached hydrogens (tertiary/aromatic N) is 5. The van der Waals surface area contributed by atoms with Crippen LogP contribution in [0.2, 0.25) is 0 Å². The van der Waals surface area contributed by atoms with Gasteiger partial charge in [0, 0.05) is 30.7 Å². The van der Waals surface area contributed by atoms with Gasteiger partial charge in [0.25, 0.3) is 6.43 Å². The van der Waals surface area contributed by atoms with E-state index in [1.807, 2.05) is 18.7 Å². The monoisotopic (exact) mass is 513 g/mol. The van der Waals surface area contributed by atoms with Crippen LogP contribution in [0.15, 0.2) is 23.4 Å². The highest BCUT2D eigenvalue weighted by atomic mass is 32.2. The lowest BCUT2D eigenvalue weighted by Crippen LogP contribution is -2.57. The van der Waals surface area contributed by atoms with Crippen LogP contribution < -0.4 is 14.9 Å². The molecular weight excluding hydrogens is 488 g/mol. The third-order valence-corrected chi connectivity index (χ3v) is 8.68. The maximum Gasteiger partial charge on any atom is 0.291 e. The number of rotatable bonds is 7. The molecule has 0 amide bonds. The van der Waals surface area contributed by atoms with Gasteiger partial charge in [-0.25, -0.2) is 26.9 Å². The number of nitrogens with one attached hydrogen (secondary N) is 2. The molecule has 1 aliphatic carbocycles. The maximum atomic E-state index is 13.3. The highest BCUT2D eigenvalue weighted by molar-refractivity contribution is 7.89. The summed E-state index contributed by atoms with van der Waals surface area (Å²) in [5, 5.41) is 20.2. The number of hydrogen-bond donors (Lipinski definition) is 3. The fourth-order valence-electron chi connectivity index (χ4n) is 4.19. The summed E-state index contributed by atoms with van der Waals surface area (Å²) >= 11 is 0.722. The minimum atomic E-state index is -3.86. The minimum Gasteiger partial charge on any atom is -0.395 e. The molecule has 2 atom stereocenters. The highest BCUT2D eigenvalue weighted by Crippen LogP contribution is 2.38. The van der Waals surface area contributed by atoms with Gasteiger partial charge < -0.3 is 15.3 Å². The number of halogens is 2. The molecule has 2 aromatic heterocycles. The molecular formula is C20H25F2N7O3S2. The molecule has 10 nitrogen and oxygen atoms in total. The zero-order valence-electron chi connectivity index (χ0n) is 18.6. The van der Waals surface area contributed by atoms with Gasteiger partial charge in [0.15, 0.2) is 5.01 Å². The second-order valence-corrected chi connectivity index (χ2v) is 11.8. The molecule has 0 unspecified atom stereocenters. The predicted molar refractivity (Wildman–Crippen MR) is 123 cm³/mol. The molecule has 5 rings (SSSR count). The van der Waals surface area contributed by atoms with Gasteiger partial charge in [-0.05, 0) is 38.8 Å². The Morgan fingerprint density at radius 1 is 1.32 bits per heavy atom. The van der Waals surface area contributed by atoms with Crippen LogP contribution in [0.1, 0.15) is 38.1 Å². The van der Waals surface area contributed by atoms with Gasteiger partial charge >= 0.3 is 0 Å². The molecule has 0 bridgehead atoms. The van der Waals surface area contributed by atoms with Crippen LogP contribution in [0.25, 0.3) is 16.2 Å². The molecule has 184 valence electrons. The number of imidazole rings is 1. The molecule has 3 heterocycles. The van der Waals surface area contributed by atoms with E-state index in [4.69, 9.17) is 0 Å². The average Bonchev–Trinajstić information content (AvgIpc) is 3.18.